The van der Waals surface area contributed by atoms with Crippen LogP contribution in [0, 0.1) is 0 Å². The van der Waals surface area contributed by atoms with E-state index in [1.54, 1.807) is 0 Å². The van der Waals surface area contributed by atoms with E-state index in [2.05, 4.69) is 52.9 Å². The Bertz CT molecular complexity index is 1010. The van der Waals surface area contributed by atoms with Gasteiger partial charge in [0.25, 0.3) is 0 Å². The molecule has 1 N–H and O–H groups in total. The van der Waals surface area contributed by atoms with Gasteiger partial charge in [-0.1, -0.05) is 0 Å². The van der Waals surface area contributed by atoms with Crippen LogP contribution in [0.3, 0.4) is 0 Å². The number of nitrogens with one attached hydrogen (secondary N) is 1. The van der Waals surface area contributed by atoms with Gasteiger partial charge in [0, 0.05) is 41.8 Å². The lowest BCUT2D eigenvalue weighted by Gasteiger charge is -2.32. The van der Waals surface area contributed by atoms with Crippen LogP contribution in [0.2, 0.25) is 0 Å². The molecular weight excluding hydrogens is 438 g/mol. The molecule has 0 radical (unpaired) electrons. The number of H-pyrrole nitrogens is 1. The van der Waals surface area contributed by atoms with Gasteiger partial charge in [0.15, 0.2) is 5.82 Å². The smallest absolute Gasteiger partial charge is 0.307 e. The molecular formula is C20H24BrN5O3. The molecule has 3 heterocycles. The average molecular weight is 462 g/mol. The van der Waals surface area contributed by atoms with Crippen molar-refractivity contribution in [2.75, 3.05) is 31.7 Å². The molecule has 4 rings (SSSR count). The maximum absolute atomic E-state index is 11.2. The van der Waals surface area contributed by atoms with Gasteiger partial charge in [-0.25, -0.2) is 0 Å². The van der Waals surface area contributed by atoms with Crippen LogP contribution in [0.4, 0.5) is 5.95 Å². The fourth-order valence-corrected chi connectivity index (χ4v) is 4.33. The lowest BCUT2D eigenvalue weighted by molar-refractivity contribution is -0.142. The number of rotatable bonds is 6. The van der Waals surface area contributed by atoms with E-state index >= 15 is 0 Å². The van der Waals surface area contributed by atoms with Gasteiger partial charge in [0.1, 0.15) is 0 Å². The third kappa shape index (κ3) is 4.16. The molecule has 154 valence electrons. The minimum absolute atomic E-state index is 0.163. The molecule has 0 bridgehead atoms. The Morgan fingerprint density at radius 1 is 1.31 bits per heavy atom. The van der Waals surface area contributed by atoms with Crippen molar-refractivity contribution in [1.82, 2.24) is 19.7 Å². The van der Waals surface area contributed by atoms with E-state index in [0.717, 1.165) is 58.6 Å². The number of hydrogen-bond acceptors (Lipinski definition) is 6. The van der Waals surface area contributed by atoms with Crippen molar-refractivity contribution >= 4 is 38.8 Å². The fourth-order valence-electron chi connectivity index (χ4n) is 3.74. The highest BCUT2D eigenvalue weighted by Gasteiger charge is 2.24. The number of fused-ring (bicyclic) bond motifs is 1. The molecule has 1 aliphatic heterocycles. The van der Waals surface area contributed by atoms with Gasteiger partial charge in [0.05, 0.1) is 31.8 Å². The number of hydrogen-bond donors (Lipinski definition) is 1. The Hall–Kier alpha value is -2.39. The molecule has 0 atom stereocenters. The summed E-state index contributed by atoms with van der Waals surface area (Å²) < 4.78 is 13.5. The highest BCUT2D eigenvalue weighted by Crippen LogP contribution is 2.31. The van der Waals surface area contributed by atoms with Crippen LogP contribution in [0.5, 0.6) is 0 Å². The number of carbonyl (C=O) groups is 1. The Morgan fingerprint density at radius 3 is 2.86 bits per heavy atom. The van der Waals surface area contributed by atoms with Crippen LogP contribution in [-0.2, 0) is 21.3 Å². The van der Waals surface area contributed by atoms with Crippen molar-refractivity contribution < 1.29 is 14.3 Å². The van der Waals surface area contributed by atoms with E-state index in [1.165, 1.54) is 7.11 Å². The SMILES string of the molecule is COC(=O)CCOC1CCN(c2nnc(-c3cc(Br)c4[nH]ccc4c3)n2C)CC1. The number of piperidine rings is 1. The van der Waals surface area contributed by atoms with Crippen molar-refractivity contribution in [2.45, 2.75) is 25.4 Å². The van der Waals surface area contributed by atoms with Crippen molar-refractivity contribution in [1.29, 1.82) is 0 Å². The van der Waals surface area contributed by atoms with Crippen molar-refractivity contribution in [3.8, 4) is 11.4 Å². The van der Waals surface area contributed by atoms with E-state index in [9.17, 15) is 4.79 Å². The van der Waals surface area contributed by atoms with Crippen LogP contribution in [-0.4, -0.2) is 58.6 Å². The molecule has 9 heteroatoms. The van der Waals surface area contributed by atoms with E-state index in [1.807, 2.05) is 23.9 Å². The minimum atomic E-state index is -0.237. The monoisotopic (exact) mass is 461 g/mol. The minimum Gasteiger partial charge on any atom is -0.469 e. The number of anilines is 1. The zero-order valence-corrected chi connectivity index (χ0v) is 18.1. The Kier molecular flexibility index (Phi) is 5.86. The summed E-state index contributed by atoms with van der Waals surface area (Å²) in [6.07, 6.45) is 4.17. The highest BCUT2D eigenvalue weighted by molar-refractivity contribution is 9.10. The summed E-state index contributed by atoms with van der Waals surface area (Å²) in [5.74, 6) is 1.46. The van der Waals surface area contributed by atoms with Crippen LogP contribution >= 0.6 is 15.9 Å². The molecule has 0 saturated carbocycles. The third-order valence-corrected chi connectivity index (χ3v) is 5.96. The maximum Gasteiger partial charge on any atom is 0.307 e. The average Bonchev–Trinajstić information content (AvgIpc) is 3.35. The van der Waals surface area contributed by atoms with Crippen molar-refractivity contribution in [2.24, 2.45) is 7.05 Å². The second-order valence-electron chi connectivity index (χ2n) is 7.17. The number of methoxy groups -OCH3 is 1. The lowest BCUT2D eigenvalue weighted by Crippen LogP contribution is -2.38. The number of nitrogens with zero attached hydrogens (tertiary/aromatic N) is 4. The number of aromatic amines is 1. The summed E-state index contributed by atoms with van der Waals surface area (Å²) >= 11 is 3.63. The predicted molar refractivity (Wildman–Crippen MR) is 114 cm³/mol. The second-order valence-corrected chi connectivity index (χ2v) is 8.02. The normalized spacial score (nSPS) is 15.2. The number of esters is 1. The van der Waals surface area contributed by atoms with Gasteiger partial charge >= 0.3 is 5.97 Å². The summed E-state index contributed by atoms with van der Waals surface area (Å²) in [5, 5.41) is 10.0. The van der Waals surface area contributed by atoms with Gasteiger partial charge in [-0.15, -0.1) is 10.2 Å². The van der Waals surface area contributed by atoms with Gasteiger partial charge in [-0.2, -0.15) is 0 Å². The van der Waals surface area contributed by atoms with E-state index in [-0.39, 0.29) is 12.1 Å². The molecule has 0 amide bonds. The molecule has 1 aromatic carbocycles. The summed E-state index contributed by atoms with van der Waals surface area (Å²) in [6.45, 7) is 2.09. The lowest BCUT2D eigenvalue weighted by atomic mass is 10.1. The molecule has 1 fully saturated rings. The largest absolute Gasteiger partial charge is 0.469 e. The van der Waals surface area contributed by atoms with Gasteiger partial charge in [-0.3, -0.25) is 9.36 Å². The first-order valence-corrected chi connectivity index (χ1v) is 10.5. The molecule has 2 aromatic heterocycles. The van der Waals surface area contributed by atoms with Crippen LogP contribution < -0.4 is 4.90 Å². The van der Waals surface area contributed by atoms with Gasteiger partial charge < -0.3 is 19.4 Å². The number of carbonyl (C=O) groups excluding carboxylic acids is 1. The summed E-state index contributed by atoms with van der Waals surface area (Å²) in [7, 11) is 3.39. The van der Waals surface area contributed by atoms with Gasteiger partial charge in [-0.05, 0) is 47.0 Å². The molecule has 0 aliphatic carbocycles. The van der Waals surface area contributed by atoms with Crippen molar-refractivity contribution in [3.63, 3.8) is 0 Å². The summed E-state index contributed by atoms with van der Waals surface area (Å²) in [4.78, 5) is 16.7. The summed E-state index contributed by atoms with van der Waals surface area (Å²) in [5.41, 5.74) is 2.09. The Labute approximate surface area is 177 Å². The van der Waals surface area contributed by atoms with Gasteiger partial charge in [0.2, 0.25) is 5.95 Å². The zero-order valence-electron chi connectivity index (χ0n) is 16.5. The standard InChI is InChI=1S/C20H24BrN5O3/c1-25-19(14-11-13-3-7-22-18(13)16(21)12-14)23-24-20(25)26-8-4-15(5-9-26)29-10-6-17(27)28-2/h3,7,11-12,15,22H,4-6,8-10H2,1-2H3. The molecule has 0 spiro atoms. The predicted octanol–water partition coefficient (Wildman–Crippen LogP) is 3.27. The topological polar surface area (TPSA) is 85.3 Å². The molecule has 1 aliphatic rings. The van der Waals surface area contributed by atoms with Crippen LogP contribution in [0.15, 0.2) is 28.9 Å². The van der Waals surface area contributed by atoms with Crippen LogP contribution in [0.25, 0.3) is 22.3 Å². The van der Waals surface area contributed by atoms with E-state index < -0.39 is 0 Å². The Morgan fingerprint density at radius 2 is 2.10 bits per heavy atom. The number of ether oxygens (including phenoxy) is 2. The highest BCUT2D eigenvalue weighted by atomic mass is 79.9. The Balaban J connectivity index is 1.42. The maximum atomic E-state index is 11.2. The molecule has 0 unspecified atom stereocenters. The molecule has 8 nitrogen and oxygen atoms in total. The molecule has 3 aromatic rings. The van der Waals surface area contributed by atoms with Crippen LogP contribution in [0.1, 0.15) is 19.3 Å². The van der Waals surface area contributed by atoms with E-state index in [4.69, 9.17) is 4.74 Å². The quantitative estimate of drug-likeness (QED) is 0.566. The third-order valence-electron chi connectivity index (χ3n) is 5.33. The van der Waals surface area contributed by atoms with E-state index in [0.29, 0.717) is 13.0 Å². The molecule has 1 saturated heterocycles. The molecule has 29 heavy (non-hydrogen) atoms. The number of aromatic nitrogens is 4. The van der Waals surface area contributed by atoms with Crippen molar-refractivity contribution in [3.05, 3.63) is 28.9 Å². The second kappa shape index (κ2) is 8.54. The first-order valence-electron chi connectivity index (χ1n) is 9.66. The number of benzene rings is 1. The first kappa shape index (κ1) is 19.9. The zero-order chi connectivity index (χ0) is 20.4. The number of halogens is 1. The summed E-state index contributed by atoms with van der Waals surface area (Å²) in [6, 6.07) is 6.23. The first-order chi connectivity index (χ1) is 14.1. The fraction of sp³-hybridized carbons (Fsp3) is 0.450.